The van der Waals surface area contributed by atoms with Gasteiger partial charge >= 0.3 is 5.69 Å². The van der Waals surface area contributed by atoms with Crippen LogP contribution in [0.3, 0.4) is 0 Å². The molecule has 10 nitrogen and oxygen atoms in total. The van der Waals surface area contributed by atoms with E-state index in [1.165, 1.54) is 6.92 Å². The maximum absolute atomic E-state index is 11.6. The van der Waals surface area contributed by atoms with E-state index in [0.717, 1.165) is 6.20 Å². The lowest BCUT2D eigenvalue weighted by Crippen LogP contribution is -2.52. The van der Waals surface area contributed by atoms with Crippen molar-refractivity contribution in [1.82, 2.24) is 9.55 Å². The molecule has 0 amide bonds. The predicted octanol–water partition coefficient (Wildman–Crippen LogP) is -3.47. The number of aromatic nitrogens is 2. The van der Waals surface area contributed by atoms with Crippen molar-refractivity contribution in [1.29, 1.82) is 0 Å². The van der Waals surface area contributed by atoms with Crippen molar-refractivity contribution < 1.29 is 30.3 Å². The summed E-state index contributed by atoms with van der Waals surface area (Å²) in [6.07, 6.45) is -7.27. The number of nitrogens with one attached hydrogen (secondary N) is 1. The van der Waals surface area contributed by atoms with E-state index in [1.54, 1.807) is 0 Å². The molecular formula is C10H13N2O8. The fraction of sp³-hybridized carbons (Fsp3) is 0.600. The summed E-state index contributed by atoms with van der Waals surface area (Å²) < 4.78 is 5.54. The molecule has 0 saturated carbocycles. The van der Waals surface area contributed by atoms with Crippen molar-refractivity contribution in [3.63, 3.8) is 0 Å². The molecule has 4 atom stereocenters. The van der Waals surface area contributed by atoms with Gasteiger partial charge in [-0.3, -0.25) is 14.3 Å². The van der Waals surface area contributed by atoms with E-state index in [-0.39, 0.29) is 5.56 Å². The highest BCUT2D eigenvalue weighted by atomic mass is 16.6. The highest BCUT2D eigenvalue weighted by Crippen LogP contribution is 2.36. The Morgan fingerprint density at radius 2 is 2.05 bits per heavy atom. The van der Waals surface area contributed by atoms with Crippen LogP contribution in [0.1, 0.15) is 11.8 Å². The molecule has 1 aromatic heterocycles. The highest BCUT2D eigenvalue weighted by molar-refractivity contribution is 5.04. The van der Waals surface area contributed by atoms with E-state index in [9.17, 15) is 30.0 Å². The molecule has 2 rings (SSSR count). The molecule has 1 aliphatic heterocycles. The van der Waals surface area contributed by atoms with Crippen LogP contribution in [-0.2, 0) is 9.84 Å². The summed E-state index contributed by atoms with van der Waals surface area (Å²) in [6.45, 7) is 1.38. The maximum atomic E-state index is 11.6. The Morgan fingerprint density at radius 1 is 1.45 bits per heavy atom. The van der Waals surface area contributed by atoms with Gasteiger partial charge in [-0.1, -0.05) is 0 Å². The molecule has 1 radical (unpaired) electrons. The maximum Gasteiger partial charge on any atom is 0.330 e. The second kappa shape index (κ2) is 4.77. The Balaban J connectivity index is 2.48. The number of H-pyrrole nitrogens is 1. The zero-order chi connectivity index (χ0) is 15.2. The van der Waals surface area contributed by atoms with Crippen molar-refractivity contribution in [2.75, 3.05) is 0 Å². The molecule has 1 fully saturated rings. The molecule has 2 heterocycles. The fourth-order valence-corrected chi connectivity index (χ4v) is 1.97. The molecule has 5 N–H and O–H groups in total. The van der Waals surface area contributed by atoms with E-state index < -0.39 is 41.8 Å². The molecule has 1 unspecified atom stereocenters. The third kappa shape index (κ3) is 2.18. The molecule has 0 bridgehead atoms. The van der Waals surface area contributed by atoms with Crippen molar-refractivity contribution >= 4 is 0 Å². The normalized spacial score (nSPS) is 29.1. The molecule has 0 aromatic carbocycles. The average molecular weight is 289 g/mol. The first-order valence-electron chi connectivity index (χ1n) is 5.60. The van der Waals surface area contributed by atoms with E-state index in [1.807, 2.05) is 4.98 Å². The van der Waals surface area contributed by atoms with Gasteiger partial charge in [-0.15, -0.1) is 0 Å². The average Bonchev–Trinajstić information content (AvgIpc) is 2.56. The highest BCUT2D eigenvalue weighted by Gasteiger charge is 2.58. The zero-order valence-corrected chi connectivity index (χ0v) is 10.3. The summed E-state index contributed by atoms with van der Waals surface area (Å²) >= 11 is 0. The summed E-state index contributed by atoms with van der Waals surface area (Å²) in [5, 5.41) is 48.7. The van der Waals surface area contributed by atoms with E-state index in [0.29, 0.717) is 4.57 Å². The third-order valence-corrected chi connectivity index (χ3v) is 3.09. The first-order valence-corrected chi connectivity index (χ1v) is 5.60. The summed E-state index contributed by atoms with van der Waals surface area (Å²) in [6, 6.07) is 0. The van der Waals surface area contributed by atoms with Gasteiger partial charge < -0.3 is 25.2 Å². The summed E-state index contributed by atoms with van der Waals surface area (Å²) in [5.41, 5.74) is -1.52. The number of aliphatic hydroxyl groups excluding tert-OH is 2. The number of hydrogen-bond donors (Lipinski definition) is 5. The Hall–Kier alpha value is -1.56. The van der Waals surface area contributed by atoms with Gasteiger partial charge in [-0.05, 0) is 6.92 Å². The van der Waals surface area contributed by atoms with Gasteiger partial charge in [0.05, 0.1) is 0 Å². The van der Waals surface area contributed by atoms with Crippen LogP contribution in [0.25, 0.3) is 0 Å². The van der Waals surface area contributed by atoms with Crippen LogP contribution >= 0.6 is 0 Å². The second-order valence-electron chi connectivity index (χ2n) is 4.54. The van der Waals surface area contributed by atoms with Crippen LogP contribution in [0.15, 0.2) is 15.8 Å². The molecule has 111 valence electrons. The number of aryl methyl sites for hydroxylation is 1. The minimum absolute atomic E-state index is 0.105. The van der Waals surface area contributed by atoms with Crippen molar-refractivity contribution in [2.24, 2.45) is 0 Å². The minimum atomic E-state index is -3.03. The van der Waals surface area contributed by atoms with Crippen LogP contribution in [0.4, 0.5) is 0 Å². The number of nitrogens with zero attached hydrogens (tertiary/aromatic N) is 1. The zero-order valence-electron chi connectivity index (χ0n) is 10.3. The van der Waals surface area contributed by atoms with Crippen LogP contribution in [-0.4, -0.2) is 54.3 Å². The van der Waals surface area contributed by atoms with E-state index in [2.05, 4.69) is 0 Å². The topological polar surface area (TPSA) is 165 Å². The van der Waals surface area contributed by atoms with Crippen LogP contribution in [0.2, 0.25) is 0 Å². The quantitative estimate of drug-likeness (QED) is 0.353. The molecule has 0 spiro atoms. The summed E-state index contributed by atoms with van der Waals surface area (Å²) in [4.78, 5) is 24.8. The van der Waals surface area contributed by atoms with Gasteiger partial charge in [-0.25, -0.2) is 4.79 Å². The third-order valence-electron chi connectivity index (χ3n) is 3.09. The smallest absolute Gasteiger partial charge is 0.330 e. The Kier molecular flexibility index (Phi) is 3.54. The molecular weight excluding hydrogens is 276 g/mol. The number of hydrogen-bond acceptors (Lipinski definition) is 7. The van der Waals surface area contributed by atoms with E-state index >= 15 is 0 Å². The largest absolute Gasteiger partial charge is 0.383 e. The SMILES string of the molecule is Cc1cn([C@@H]2O[C@H](C([O])O)C(O)(O)[C@H]2O)c(=O)[nH]c1=O. The van der Waals surface area contributed by atoms with Gasteiger partial charge in [0.1, 0.15) is 0 Å². The minimum Gasteiger partial charge on any atom is -0.383 e. The van der Waals surface area contributed by atoms with E-state index in [4.69, 9.17) is 9.84 Å². The standard InChI is InChI=1S/C10H13N2O8/c1-3-2-12(9(17)11-6(3)14)7-4(13)10(18,19)5(20-7)8(15)16/h2,4-5,7-8,13,15,18-19H,1H3,(H,11,14,17)/t4-,5+,7+,8?/m0/s1. The number of aromatic amines is 1. The molecule has 1 aromatic rings. The Bertz CT molecular complexity index is 618. The van der Waals surface area contributed by atoms with Crippen molar-refractivity contribution in [3.8, 4) is 0 Å². The van der Waals surface area contributed by atoms with Gasteiger partial charge in [0, 0.05) is 11.8 Å². The predicted molar refractivity (Wildman–Crippen MR) is 59.8 cm³/mol. The number of ether oxygens (including phenoxy) is 1. The Labute approximate surface area is 111 Å². The number of aliphatic hydroxyl groups is 4. The van der Waals surface area contributed by atoms with Crippen LogP contribution < -0.4 is 11.2 Å². The second-order valence-corrected chi connectivity index (χ2v) is 4.54. The van der Waals surface area contributed by atoms with Crippen LogP contribution in [0, 0.1) is 6.92 Å². The molecule has 20 heavy (non-hydrogen) atoms. The molecule has 1 aliphatic rings. The molecule has 1 saturated heterocycles. The van der Waals surface area contributed by atoms with Crippen LogP contribution in [0.5, 0.6) is 0 Å². The Morgan fingerprint density at radius 3 is 2.55 bits per heavy atom. The fourth-order valence-electron chi connectivity index (χ4n) is 1.97. The van der Waals surface area contributed by atoms with Gasteiger partial charge in [0.25, 0.3) is 5.56 Å². The monoisotopic (exact) mass is 289 g/mol. The van der Waals surface area contributed by atoms with Crippen molar-refractivity contribution in [3.05, 3.63) is 32.6 Å². The number of rotatable bonds is 2. The lowest BCUT2D eigenvalue weighted by atomic mass is 10.1. The van der Waals surface area contributed by atoms with Gasteiger partial charge in [-0.2, -0.15) is 5.11 Å². The summed E-state index contributed by atoms with van der Waals surface area (Å²) in [5.74, 6) is -3.03. The first kappa shape index (κ1) is 14.8. The molecule has 0 aliphatic carbocycles. The van der Waals surface area contributed by atoms with Crippen molar-refractivity contribution in [2.45, 2.75) is 37.4 Å². The van der Waals surface area contributed by atoms with Gasteiger partial charge in [0.15, 0.2) is 18.4 Å². The lowest BCUT2D eigenvalue weighted by Gasteiger charge is -2.24. The summed E-state index contributed by atoms with van der Waals surface area (Å²) in [7, 11) is 0. The lowest BCUT2D eigenvalue weighted by molar-refractivity contribution is -0.283. The molecule has 10 heteroatoms. The first-order chi connectivity index (χ1) is 9.16. The van der Waals surface area contributed by atoms with Gasteiger partial charge in [0.2, 0.25) is 12.1 Å².